The predicted octanol–water partition coefficient (Wildman–Crippen LogP) is 3.70. The van der Waals surface area contributed by atoms with Crippen LogP contribution in [0.5, 0.6) is 0 Å². The summed E-state index contributed by atoms with van der Waals surface area (Å²) in [5.41, 5.74) is 1.38. The Morgan fingerprint density at radius 1 is 1.32 bits per heavy atom. The van der Waals surface area contributed by atoms with Gasteiger partial charge in [0.1, 0.15) is 0 Å². The minimum absolute atomic E-state index is 0.0784. The second-order valence-corrected chi connectivity index (χ2v) is 6.90. The third-order valence-corrected chi connectivity index (χ3v) is 4.33. The van der Waals surface area contributed by atoms with E-state index in [0.717, 1.165) is 12.5 Å². The molecule has 0 spiro atoms. The Balaban J connectivity index is 1.89. The molecule has 19 heavy (non-hydrogen) atoms. The van der Waals surface area contributed by atoms with Crippen LogP contribution in [0.4, 0.5) is 0 Å². The molecule has 0 aliphatic heterocycles. The zero-order chi connectivity index (χ0) is 13.9. The van der Waals surface area contributed by atoms with Crippen molar-refractivity contribution in [2.45, 2.75) is 77.9 Å². The first kappa shape index (κ1) is 14.6. The third kappa shape index (κ3) is 3.82. The van der Waals surface area contributed by atoms with Crippen molar-refractivity contribution in [2.24, 2.45) is 5.92 Å². The van der Waals surface area contributed by atoms with Gasteiger partial charge < -0.3 is 5.32 Å². The van der Waals surface area contributed by atoms with E-state index in [4.69, 9.17) is 0 Å². The molecule has 2 atom stereocenters. The second kappa shape index (κ2) is 6.08. The fourth-order valence-electron chi connectivity index (χ4n) is 3.03. The van der Waals surface area contributed by atoms with E-state index < -0.39 is 0 Å². The maximum Gasteiger partial charge on any atom is 0.0543 e. The van der Waals surface area contributed by atoms with Gasteiger partial charge in [-0.15, -0.1) is 0 Å². The van der Waals surface area contributed by atoms with Crippen LogP contribution in [0, 0.1) is 5.92 Å². The minimum Gasteiger partial charge on any atom is -0.310 e. The molecule has 1 saturated carbocycles. The lowest BCUT2D eigenvalue weighted by Gasteiger charge is -2.31. The summed E-state index contributed by atoms with van der Waals surface area (Å²) >= 11 is 0. The summed E-state index contributed by atoms with van der Waals surface area (Å²) in [7, 11) is 0. The first-order valence-corrected chi connectivity index (χ1v) is 7.78. The molecule has 0 amide bonds. The number of hydrogen-bond acceptors (Lipinski definition) is 2. The molecule has 0 bridgehead atoms. The highest BCUT2D eigenvalue weighted by atomic mass is 15.3. The molecule has 2 unspecified atom stereocenters. The van der Waals surface area contributed by atoms with Crippen LogP contribution in [0.2, 0.25) is 0 Å². The van der Waals surface area contributed by atoms with E-state index in [0.29, 0.717) is 6.04 Å². The zero-order valence-electron chi connectivity index (χ0n) is 12.9. The molecule has 1 fully saturated rings. The fourth-order valence-corrected chi connectivity index (χ4v) is 3.03. The minimum atomic E-state index is 0.0784. The van der Waals surface area contributed by atoms with Gasteiger partial charge in [-0.05, 0) is 39.5 Å². The summed E-state index contributed by atoms with van der Waals surface area (Å²) < 4.78 is 2.06. The predicted molar refractivity (Wildman–Crippen MR) is 80.1 cm³/mol. The number of nitrogens with one attached hydrogen (secondary N) is 1. The number of nitrogens with zero attached hydrogens (tertiary/aromatic N) is 2. The highest BCUT2D eigenvalue weighted by Crippen LogP contribution is 2.27. The summed E-state index contributed by atoms with van der Waals surface area (Å²) in [4.78, 5) is 0. The average Bonchev–Trinajstić information content (AvgIpc) is 2.85. The average molecular weight is 263 g/mol. The molecule has 2 rings (SSSR count). The van der Waals surface area contributed by atoms with Crippen LogP contribution < -0.4 is 5.32 Å². The summed E-state index contributed by atoms with van der Waals surface area (Å²) in [5.74, 6) is 0.867. The Kier molecular flexibility index (Phi) is 4.67. The van der Waals surface area contributed by atoms with Crippen molar-refractivity contribution < 1.29 is 0 Å². The molecule has 3 nitrogen and oxygen atoms in total. The standard InChI is InChI=1S/C16H29N3/c1-5-14-8-6-7-9-15(14)17-10-13-11-18-19(12-13)16(2,3)4/h11-12,14-15,17H,5-10H2,1-4H3. The highest BCUT2D eigenvalue weighted by molar-refractivity contribution is 5.05. The van der Waals surface area contributed by atoms with Gasteiger partial charge in [0.2, 0.25) is 0 Å². The summed E-state index contributed by atoms with van der Waals surface area (Å²) in [5, 5.41) is 8.22. The Labute approximate surface area is 117 Å². The normalized spacial score (nSPS) is 24.6. The molecule has 1 N–H and O–H groups in total. The van der Waals surface area contributed by atoms with Crippen molar-refractivity contribution in [1.29, 1.82) is 0 Å². The fraction of sp³-hybridized carbons (Fsp3) is 0.812. The van der Waals surface area contributed by atoms with Gasteiger partial charge in [0.25, 0.3) is 0 Å². The van der Waals surface area contributed by atoms with Crippen LogP contribution in [-0.4, -0.2) is 15.8 Å². The van der Waals surface area contributed by atoms with Gasteiger partial charge in [-0.25, -0.2) is 0 Å². The largest absolute Gasteiger partial charge is 0.310 e. The quantitative estimate of drug-likeness (QED) is 0.897. The van der Waals surface area contributed by atoms with Crippen molar-refractivity contribution in [1.82, 2.24) is 15.1 Å². The van der Waals surface area contributed by atoms with Crippen LogP contribution in [-0.2, 0) is 12.1 Å². The van der Waals surface area contributed by atoms with Crippen LogP contribution in [0.3, 0.4) is 0 Å². The van der Waals surface area contributed by atoms with Crippen molar-refractivity contribution in [3.63, 3.8) is 0 Å². The van der Waals surface area contributed by atoms with E-state index in [1.54, 1.807) is 0 Å². The van der Waals surface area contributed by atoms with Gasteiger partial charge in [0.05, 0.1) is 11.7 Å². The number of hydrogen-bond donors (Lipinski definition) is 1. The maximum atomic E-state index is 4.47. The maximum absolute atomic E-state index is 4.47. The van der Waals surface area contributed by atoms with Gasteiger partial charge in [0.15, 0.2) is 0 Å². The lowest BCUT2D eigenvalue weighted by Crippen LogP contribution is -2.37. The van der Waals surface area contributed by atoms with Crippen molar-refractivity contribution in [3.8, 4) is 0 Å². The third-order valence-electron chi connectivity index (χ3n) is 4.33. The molecular weight excluding hydrogens is 234 g/mol. The number of aromatic nitrogens is 2. The van der Waals surface area contributed by atoms with Gasteiger partial charge in [-0.2, -0.15) is 5.10 Å². The molecule has 0 saturated heterocycles. The van der Waals surface area contributed by atoms with Crippen LogP contribution >= 0.6 is 0 Å². The molecule has 1 aromatic rings. The Morgan fingerprint density at radius 2 is 2.05 bits per heavy atom. The lowest BCUT2D eigenvalue weighted by atomic mass is 9.83. The van der Waals surface area contributed by atoms with E-state index >= 15 is 0 Å². The Bertz CT molecular complexity index is 389. The molecular formula is C16H29N3. The molecule has 1 aliphatic rings. The highest BCUT2D eigenvalue weighted by Gasteiger charge is 2.23. The monoisotopic (exact) mass is 263 g/mol. The first-order valence-electron chi connectivity index (χ1n) is 7.78. The summed E-state index contributed by atoms with van der Waals surface area (Å²) in [6.45, 7) is 9.84. The van der Waals surface area contributed by atoms with Crippen LogP contribution in [0.1, 0.15) is 65.4 Å². The summed E-state index contributed by atoms with van der Waals surface area (Å²) in [6, 6.07) is 0.705. The van der Waals surface area contributed by atoms with Crippen molar-refractivity contribution in [3.05, 3.63) is 18.0 Å². The summed E-state index contributed by atoms with van der Waals surface area (Å²) in [6.07, 6.45) is 11.0. The van der Waals surface area contributed by atoms with Gasteiger partial charge in [-0.1, -0.05) is 26.2 Å². The number of rotatable bonds is 4. The van der Waals surface area contributed by atoms with E-state index in [2.05, 4.69) is 49.0 Å². The van der Waals surface area contributed by atoms with Crippen molar-refractivity contribution >= 4 is 0 Å². The Morgan fingerprint density at radius 3 is 2.68 bits per heavy atom. The van der Waals surface area contributed by atoms with Gasteiger partial charge in [0, 0.05) is 24.3 Å². The molecule has 0 radical (unpaired) electrons. The van der Waals surface area contributed by atoms with E-state index in [1.807, 2.05) is 6.20 Å². The van der Waals surface area contributed by atoms with E-state index in [9.17, 15) is 0 Å². The molecule has 1 heterocycles. The van der Waals surface area contributed by atoms with Gasteiger partial charge >= 0.3 is 0 Å². The topological polar surface area (TPSA) is 29.9 Å². The molecule has 1 aliphatic carbocycles. The molecule has 3 heteroatoms. The SMILES string of the molecule is CCC1CCCCC1NCc1cnn(C(C)(C)C)c1. The van der Waals surface area contributed by atoms with Crippen molar-refractivity contribution in [2.75, 3.05) is 0 Å². The lowest BCUT2D eigenvalue weighted by molar-refractivity contribution is 0.254. The first-order chi connectivity index (χ1) is 9.00. The van der Waals surface area contributed by atoms with Crippen LogP contribution in [0.25, 0.3) is 0 Å². The molecule has 0 aromatic carbocycles. The van der Waals surface area contributed by atoms with Gasteiger partial charge in [-0.3, -0.25) is 4.68 Å². The van der Waals surface area contributed by atoms with Crippen LogP contribution in [0.15, 0.2) is 12.4 Å². The second-order valence-electron chi connectivity index (χ2n) is 6.90. The van der Waals surface area contributed by atoms with E-state index in [1.165, 1.54) is 37.7 Å². The smallest absolute Gasteiger partial charge is 0.0543 e. The molecule has 108 valence electrons. The zero-order valence-corrected chi connectivity index (χ0v) is 12.9. The molecule has 1 aromatic heterocycles. The van der Waals surface area contributed by atoms with E-state index in [-0.39, 0.29) is 5.54 Å². The Hall–Kier alpha value is -0.830.